The molecule has 4 nitrogen and oxygen atoms in total. The third-order valence-corrected chi connectivity index (χ3v) is 2.34. The summed E-state index contributed by atoms with van der Waals surface area (Å²) in [6.45, 7) is 0. The second kappa shape index (κ2) is 3.64. The maximum absolute atomic E-state index is 10.9. The van der Waals surface area contributed by atoms with E-state index in [1.807, 2.05) is 0 Å². The molecule has 6 heteroatoms. The van der Waals surface area contributed by atoms with Gasteiger partial charge in [0.05, 0.1) is 11.1 Å². The number of aromatic nitrogens is 2. The highest BCUT2D eigenvalue weighted by atomic mass is 35.5. The van der Waals surface area contributed by atoms with E-state index in [4.69, 9.17) is 28.3 Å². The molecule has 0 saturated carbocycles. The Morgan fingerprint density at radius 1 is 1.27 bits per heavy atom. The molecule has 0 unspecified atom stereocenters. The number of aromatic carboxylic acids is 1. The number of fused-ring (bicyclic) bond motifs is 1. The predicted molar refractivity (Wildman–Crippen MR) is 56.5 cm³/mol. The van der Waals surface area contributed by atoms with Crippen LogP contribution in [0.5, 0.6) is 0 Å². The lowest BCUT2D eigenvalue weighted by Crippen LogP contribution is -1.99. The quantitative estimate of drug-likeness (QED) is 0.617. The summed E-state index contributed by atoms with van der Waals surface area (Å²) < 4.78 is 0. The van der Waals surface area contributed by atoms with Crippen molar-refractivity contribution in [2.75, 3.05) is 0 Å². The summed E-state index contributed by atoms with van der Waals surface area (Å²) in [4.78, 5) is 18.5. The number of nitrogens with zero attached hydrogens (tertiary/aromatic N) is 2. The molecule has 1 heterocycles. The monoisotopic (exact) mass is 242 g/mol. The van der Waals surface area contributed by atoms with Crippen LogP contribution in [-0.4, -0.2) is 21.0 Å². The summed E-state index contributed by atoms with van der Waals surface area (Å²) in [7, 11) is 0. The Bertz CT molecular complexity index is 557. The molecule has 0 atom stereocenters. The number of rotatable bonds is 1. The third kappa shape index (κ3) is 1.73. The van der Waals surface area contributed by atoms with Crippen LogP contribution < -0.4 is 0 Å². The van der Waals surface area contributed by atoms with E-state index in [1.54, 1.807) is 12.1 Å². The fourth-order valence-electron chi connectivity index (χ4n) is 1.26. The molecule has 0 fully saturated rings. The van der Waals surface area contributed by atoms with Gasteiger partial charge in [0.1, 0.15) is 5.15 Å². The zero-order valence-electron chi connectivity index (χ0n) is 7.24. The topological polar surface area (TPSA) is 63.1 Å². The zero-order valence-corrected chi connectivity index (χ0v) is 8.75. The van der Waals surface area contributed by atoms with Crippen LogP contribution in [0.3, 0.4) is 0 Å². The SMILES string of the molecule is O=C(O)c1cccc2c(Cl)nc(Cl)nc12. The molecule has 15 heavy (non-hydrogen) atoms. The standard InChI is InChI=1S/C9H4Cl2N2O2/c10-7-4-2-1-3-5(8(14)15)6(4)12-9(11)13-7/h1-3H,(H,14,15). The molecule has 2 aromatic rings. The van der Waals surface area contributed by atoms with Gasteiger partial charge in [0.15, 0.2) is 0 Å². The van der Waals surface area contributed by atoms with Crippen LogP contribution in [0.1, 0.15) is 10.4 Å². The van der Waals surface area contributed by atoms with Gasteiger partial charge in [-0.05, 0) is 23.7 Å². The zero-order chi connectivity index (χ0) is 11.0. The molecule has 1 aromatic heterocycles. The van der Waals surface area contributed by atoms with Crippen LogP contribution in [0.2, 0.25) is 10.4 Å². The van der Waals surface area contributed by atoms with Crippen LogP contribution in [0.25, 0.3) is 10.9 Å². The molecular weight excluding hydrogens is 239 g/mol. The molecule has 0 amide bonds. The highest BCUT2D eigenvalue weighted by molar-refractivity contribution is 6.36. The molecule has 2 rings (SSSR count). The molecule has 0 radical (unpaired) electrons. The second-order valence-electron chi connectivity index (χ2n) is 2.79. The number of hydrogen-bond acceptors (Lipinski definition) is 3. The molecule has 0 aliphatic carbocycles. The Morgan fingerprint density at radius 3 is 2.67 bits per heavy atom. The number of halogens is 2. The fourth-order valence-corrected chi connectivity index (χ4v) is 1.71. The first kappa shape index (κ1) is 10.1. The summed E-state index contributed by atoms with van der Waals surface area (Å²) in [6, 6.07) is 4.65. The maximum Gasteiger partial charge on any atom is 0.337 e. The molecule has 0 saturated heterocycles. The highest BCUT2D eigenvalue weighted by Crippen LogP contribution is 2.24. The molecule has 1 N–H and O–H groups in total. The smallest absolute Gasteiger partial charge is 0.337 e. The molecule has 0 spiro atoms. The lowest BCUT2D eigenvalue weighted by molar-refractivity contribution is 0.0699. The molecule has 0 aliphatic heterocycles. The average Bonchev–Trinajstić information content (AvgIpc) is 2.16. The molecule has 1 aromatic carbocycles. The van der Waals surface area contributed by atoms with Crippen LogP contribution >= 0.6 is 23.2 Å². The Balaban J connectivity index is 2.91. The van der Waals surface area contributed by atoms with Crippen molar-refractivity contribution in [3.8, 4) is 0 Å². The van der Waals surface area contributed by atoms with E-state index in [9.17, 15) is 4.79 Å². The summed E-state index contributed by atoms with van der Waals surface area (Å²) >= 11 is 11.4. The number of hydrogen-bond donors (Lipinski definition) is 1. The van der Waals surface area contributed by atoms with Gasteiger partial charge in [0, 0.05) is 5.39 Å². The van der Waals surface area contributed by atoms with Gasteiger partial charge >= 0.3 is 5.97 Å². The summed E-state index contributed by atoms with van der Waals surface area (Å²) in [6.07, 6.45) is 0. The summed E-state index contributed by atoms with van der Waals surface area (Å²) in [5, 5.41) is 9.47. The van der Waals surface area contributed by atoms with Gasteiger partial charge in [-0.2, -0.15) is 0 Å². The van der Waals surface area contributed by atoms with Gasteiger partial charge in [-0.3, -0.25) is 0 Å². The Kier molecular flexibility index (Phi) is 2.46. The van der Waals surface area contributed by atoms with Crippen molar-refractivity contribution in [1.82, 2.24) is 9.97 Å². The number of para-hydroxylation sites is 1. The van der Waals surface area contributed by atoms with Crippen LogP contribution in [-0.2, 0) is 0 Å². The van der Waals surface area contributed by atoms with Gasteiger partial charge in [0.2, 0.25) is 5.28 Å². The van der Waals surface area contributed by atoms with Crippen molar-refractivity contribution >= 4 is 40.1 Å². The number of carboxylic acids is 1. The minimum absolute atomic E-state index is 0.0544. The first-order valence-corrected chi connectivity index (χ1v) is 4.70. The minimum Gasteiger partial charge on any atom is -0.478 e. The van der Waals surface area contributed by atoms with Gasteiger partial charge in [-0.15, -0.1) is 0 Å². The number of benzene rings is 1. The van der Waals surface area contributed by atoms with Crippen molar-refractivity contribution < 1.29 is 9.90 Å². The van der Waals surface area contributed by atoms with Gasteiger partial charge in [-0.25, -0.2) is 14.8 Å². The largest absolute Gasteiger partial charge is 0.478 e. The molecule has 76 valence electrons. The van der Waals surface area contributed by atoms with E-state index in [0.717, 1.165) is 0 Å². The average molecular weight is 243 g/mol. The van der Waals surface area contributed by atoms with Crippen molar-refractivity contribution in [1.29, 1.82) is 0 Å². The van der Waals surface area contributed by atoms with E-state index in [1.165, 1.54) is 6.07 Å². The van der Waals surface area contributed by atoms with Crippen LogP contribution in [0.4, 0.5) is 0 Å². The van der Waals surface area contributed by atoms with E-state index >= 15 is 0 Å². The fraction of sp³-hybridized carbons (Fsp3) is 0. The normalized spacial score (nSPS) is 10.5. The van der Waals surface area contributed by atoms with Crippen molar-refractivity contribution in [3.63, 3.8) is 0 Å². The predicted octanol–water partition coefficient (Wildman–Crippen LogP) is 2.63. The maximum atomic E-state index is 10.9. The van der Waals surface area contributed by atoms with E-state index in [2.05, 4.69) is 9.97 Å². The van der Waals surface area contributed by atoms with E-state index < -0.39 is 5.97 Å². The minimum atomic E-state index is -1.08. The molecular formula is C9H4Cl2N2O2. The third-order valence-electron chi connectivity index (χ3n) is 1.88. The van der Waals surface area contributed by atoms with Crippen LogP contribution in [0.15, 0.2) is 18.2 Å². The molecule has 0 bridgehead atoms. The second-order valence-corrected chi connectivity index (χ2v) is 3.49. The van der Waals surface area contributed by atoms with Gasteiger partial charge in [0.25, 0.3) is 0 Å². The first-order valence-electron chi connectivity index (χ1n) is 3.94. The molecule has 0 aliphatic rings. The Labute approximate surface area is 94.5 Å². The van der Waals surface area contributed by atoms with Crippen LogP contribution in [0, 0.1) is 0 Å². The number of carbonyl (C=O) groups is 1. The van der Waals surface area contributed by atoms with Crippen molar-refractivity contribution in [2.45, 2.75) is 0 Å². The summed E-state index contributed by atoms with van der Waals surface area (Å²) in [5.41, 5.74) is 0.300. The Morgan fingerprint density at radius 2 is 2.00 bits per heavy atom. The van der Waals surface area contributed by atoms with Gasteiger partial charge < -0.3 is 5.11 Å². The number of carboxylic acid groups (broad SMARTS) is 1. The lowest BCUT2D eigenvalue weighted by Gasteiger charge is -2.02. The first-order chi connectivity index (χ1) is 7.09. The Hall–Kier alpha value is -1.39. The lowest BCUT2D eigenvalue weighted by atomic mass is 10.1. The van der Waals surface area contributed by atoms with Crippen molar-refractivity contribution in [2.24, 2.45) is 0 Å². The van der Waals surface area contributed by atoms with E-state index in [-0.39, 0.29) is 21.5 Å². The van der Waals surface area contributed by atoms with Crippen molar-refractivity contribution in [3.05, 3.63) is 34.2 Å². The highest BCUT2D eigenvalue weighted by Gasteiger charge is 2.12. The van der Waals surface area contributed by atoms with Gasteiger partial charge in [-0.1, -0.05) is 17.7 Å². The summed E-state index contributed by atoms with van der Waals surface area (Å²) in [5.74, 6) is -1.08. The van der Waals surface area contributed by atoms with E-state index in [0.29, 0.717) is 5.39 Å².